The molecular formula is C13H23NO4. The number of carbonyl (C=O) groups is 2. The van der Waals surface area contributed by atoms with Crippen LogP contribution in [0.15, 0.2) is 0 Å². The summed E-state index contributed by atoms with van der Waals surface area (Å²) in [5.41, 5.74) is -0.562. The fourth-order valence-electron chi connectivity index (χ4n) is 2.23. The number of hydrogen-bond acceptors (Lipinski definition) is 3. The number of rotatable bonds is 2. The van der Waals surface area contributed by atoms with Crippen molar-refractivity contribution >= 4 is 12.1 Å². The second kappa shape index (κ2) is 6.07. The van der Waals surface area contributed by atoms with E-state index in [4.69, 9.17) is 4.74 Å². The van der Waals surface area contributed by atoms with Crippen LogP contribution in [0.3, 0.4) is 0 Å². The zero-order valence-electron chi connectivity index (χ0n) is 11.4. The first-order chi connectivity index (χ1) is 8.29. The van der Waals surface area contributed by atoms with Crippen molar-refractivity contribution in [3.05, 3.63) is 0 Å². The summed E-state index contributed by atoms with van der Waals surface area (Å²) in [5.74, 6) is -1.34. The molecule has 0 heterocycles. The third-order valence-electron chi connectivity index (χ3n) is 3.04. The Morgan fingerprint density at radius 1 is 1.17 bits per heavy atom. The van der Waals surface area contributed by atoms with Crippen LogP contribution in [-0.4, -0.2) is 28.8 Å². The molecule has 0 bridgehead atoms. The number of aliphatic carboxylic acids is 1. The van der Waals surface area contributed by atoms with Gasteiger partial charge in [-0.25, -0.2) is 4.79 Å². The summed E-state index contributed by atoms with van der Waals surface area (Å²) in [5, 5.41) is 11.9. The van der Waals surface area contributed by atoms with Crippen LogP contribution in [-0.2, 0) is 9.53 Å². The summed E-state index contributed by atoms with van der Waals surface area (Å²) < 4.78 is 5.17. The lowest BCUT2D eigenvalue weighted by Crippen LogP contribution is -2.44. The Bertz CT molecular complexity index is 309. The Labute approximate surface area is 108 Å². The second-order valence-electron chi connectivity index (χ2n) is 5.84. The Morgan fingerprint density at radius 3 is 2.33 bits per heavy atom. The SMILES string of the molecule is CC(C)(C)OC(=O)N[C@@H]1CCCCC[C@@H]1C(=O)O. The van der Waals surface area contributed by atoms with Crippen LogP contribution >= 0.6 is 0 Å². The van der Waals surface area contributed by atoms with Crippen LogP contribution in [0, 0.1) is 5.92 Å². The molecule has 5 nitrogen and oxygen atoms in total. The second-order valence-corrected chi connectivity index (χ2v) is 5.84. The molecule has 1 fully saturated rings. The van der Waals surface area contributed by atoms with Gasteiger partial charge in [-0.1, -0.05) is 19.3 Å². The summed E-state index contributed by atoms with van der Waals surface area (Å²) >= 11 is 0. The number of amides is 1. The summed E-state index contributed by atoms with van der Waals surface area (Å²) in [6, 6.07) is -0.320. The van der Waals surface area contributed by atoms with Crippen molar-refractivity contribution in [1.82, 2.24) is 5.32 Å². The molecule has 5 heteroatoms. The average molecular weight is 257 g/mol. The van der Waals surface area contributed by atoms with Crippen molar-refractivity contribution in [3.63, 3.8) is 0 Å². The Kier molecular flexibility index (Phi) is 4.99. The maximum absolute atomic E-state index is 11.7. The topological polar surface area (TPSA) is 75.6 Å². The minimum atomic E-state index is -0.835. The van der Waals surface area contributed by atoms with Crippen molar-refractivity contribution in [2.24, 2.45) is 5.92 Å². The van der Waals surface area contributed by atoms with E-state index >= 15 is 0 Å². The first-order valence-electron chi connectivity index (χ1n) is 6.52. The van der Waals surface area contributed by atoms with Gasteiger partial charge in [0, 0.05) is 6.04 Å². The highest BCUT2D eigenvalue weighted by atomic mass is 16.6. The van der Waals surface area contributed by atoms with E-state index in [9.17, 15) is 14.7 Å². The number of ether oxygens (including phenoxy) is 1. The van der Waals surface area contributed by atoms with Gasteiger partial charge < -0.3 is 15.2 Å². The number of hydrogen-bond donors (Lipinski definition) is 2. The van der Waals surface area contributed by atoms with Crippen molar-refractivity contribution < 1.29 is 19.4 Å². The summed E-state index contributed by atoms with van der Waals surface area (Å²) in [7, 11) is 0. The van der Waals surface area contributed by atoms with Crippen molar-refractivity contribution in [3.8, 4) is 0 Å². The number of carboxylic acid groups (broad SMARTS) is 1. The molecule has 1 aliphatic rings. The van der Waals surface area contributed by atoms with E-state index in [2.05, 4.69) is 5.32 Å². The molecule has 0 unspecified atom stereocenters. The molecule has 1 rings (SSSR count). The first-order valence-corrected chi connectivity index (χ1v) is 6.52. The van der Waals surface area contributed by atoms with Crippen molar-refractivity contribution in [2.75, 3.05) is 0 Å². The van der Waals surface area contributed by atoms with Gasteiger partial charge in [0.15, 0.2) is 0 Å². The van der Waals surface area contributed by atoms with E-state index < -0.39 is 23.6 Å². The molecule has 2 N–H and O–H groups in total. The minimum Gasteiger partial charge on any atom is -0.481 e. The zero-order chi connectivity index (χ0) is 13.8. The molecule has 0 aromatic rings. The van der Waals surface area contributed by atoms with Gasteiger partial charge in [-0.15, -0.1) is 0 Å². The van der Waals surface area contributed by atoms with Gasteiger partial charge in [0.1, 0.15) is 5.60 Å². The van der Waals surface area contributed by atoms with E-state index in [1.165, 1.54) is 0 Å². The largest absolute Gasteiger partial charge is 0.481 e. The quantitative estimate of drug-likeness (QED) is 0.745. The lowest BCUT2D eigenvalue weighted by molar-refractivity contribution is -0.142. The molecule has 0 saturated heterocycles. The molecule has 1 saturated carbocycles. The Balaban J connectivity index is 2.60. The standard InChI is InChI=1S/C13H23NO4/c1-13(2,3)18-12(17)14-10-8-6-4-5-7-9(10)11(15)16/h9-10H,4-8H2,1-3H3,(H,14,17)(H,15,16)/t9-,10+/m0/s1. The molecule has 104 valence electrons. The van der Waals surface area contributed by atoms with Crippen molar-refractivity contribution in [2.45, 2.75) is 64.5 Å². The average Bonchev–Trinajstić information content (AvgIpc) is 2.39. The normalized spacial score (nSPS) is 25.1. The van der Waals surface area contributed by atoms with E-state index in [0.29, 0.717) is 12.8 Å². The fraction of sp³-hybridized carbons (Fsp3) is 0.846. The predicted octanol–water partition coefficient (Wildman–Crippen LogP) is 2.54. The number of carboxylic acids is 1. The van der Waals surface area contributed by atoms with E-state index in [1.807, 2.05) is 0 Å². The fourth-order valence-corrected chi connectivity index (χ4v) is 2.23. The zero-order valence-corrected chi connectivity index (χ0v) is 11.4. The molecule has 18 heavy (non-hydrogen) atoms. The molecule has 0 aromatic carbocycles. The molecule has 2 atom stereocenters. The van der Waals surface area contributed by atoms with Crippen LogP contribution in [0.4, 0.5) is 4.79 Å². The first kappa shape index (κ1) is 14.8. The highest BCUT2D eigenvalue weighted by molar-refractivity contribution is 5.73. The van der Waals surface area contributed by atoms with E-state index in [0.717, 1.165) is 19.3 Å². The van der Waals surface area contributed by atoms with Gasteiger partial charge in [-0.2, -0.15) is 0 Å². The van der Waals surface area contributed by atoms with E-state index in [-0.39, 0.29) is 6.04 Å². The van der Waals surface area contributed by atoms with Crippen LogP contribution in [0.25, 0.3) is 0 Å². The highest BCUT2D eigenvalue weighted by Crippen LogP contribution is 2.24. The molecule has 0 aromatic heterocycles. The number of alkyl carbamates (subject to hydrolysis) is 1. The van der Waals surface area contributed by atoms with Gasteiger partial charge in [-0.05, 0) is 33.6 Å². The van der Waals surface area contributed by atoms with Gasteiger partial charge in [0.25, 0.3) is 0 Å². The van der Waals surface area contributed by atoms with Crippen LogP contribution in [0.5, 0.6) is 0 Å². The third-order valence-corrected chi connectivity index (χ3v) is 3.04. The monoisotopic (exact) mass is 257 g/mol. The lowest BCUT2D eigenvalue weighted by Gasteiger charge is -2.25. The third kappa shape index (κ3) is 4.94. The molecule has 0 aliphatic heterocycles. The summed E-state index contributed by atoms with van der Waals surface area (Å²) in [6.07, 6.45) is 3.68. The minimum absolute atomic E-state index is 0.320. The lowest BCUT2D eigenvalue weighted by atomic mass is 9.95. The van der Waals surface area contributed by atoms with Crippen LogP contribution in [0.2, 0.25) is 0 Å². The molecule has 1 amide bonds. The molecule has 0 spiro atoms. The van der Waals surface area contributed by atoms with Gasteiger partial charge in [-0.3, -0.25) is 4.79 Å². The van der Waals surface area contributed by atoms with Gasteiger partial charge >= 0.3 is 12.1 Å². The maximum atomic E-state index is 11.7. The Morgan fingerprint density at radius 2 is 1.78 bits per heavy atom. The maximum Gasteiger partial charge on any atom is 0.407 e. The summed E-state index contributed by atoms with van der Waals surface area (Å²) in [6.45, 7) is 5.36. The highest BCUT2D eigenvalue weighted by Gasteiger charge is 2.31. The Hall–Kier alpha value is -1.26. The van der Waals surface area contributed by atoms with Crippen LogP contribution < -0.4 is 5.32 Å². The summed E-state index contributed by atoms with van der Waals surface area (Å²) in [4.78, 5) is 22.9. The molecule has 1 aliphatic carbocycles. The van der Waals surface area contributed by atoms with Crippen LogP contribution in [0.1, 0.15) is 52.9 Å². The number of carbonyl (C=O) groups excluding carboxylic acids is 1. The molecular weight excluding hydrogens is 234 g/mol. The van der Waals surface area contributed by atoms with Gasteiger partial charge in [0.05, 0.1) is 5.92 Å². The van der Waals surface area contributed by atoms with Gasteiger partial charge in [0.2, 0.25) is 0 Å². The van der Waals surface area contributed by atoms with Crippen molar-refractivity contribution in [1.29, 1.82) is 0 Å². The van der Waals surface area contributed by atoms with E-state index in [1.54, 1.807) is 20.8 Å². The predicted molar refractivity (Wildman–Crippen MR) is 67.4 cm³/mol. The smallest absolute Gasteiger partial charge is 0.407 e. The number of nitrogens with one attached hydrogen (secondary N) is 1. The molecule has 0 radical (unpaired) electrons.